The maximum atomic E-state index is 12.0. The molecule has 20 heavy (non-hydrogen) atoms. The summed E-state index contributed by atoms with van der Waals surface area (Å²) in [4.78, 5) is 31.4. The number of hydrogen-bond donors (Lipinski definition) is 1. The van der Waals surface area contributed by atoms with E-state index in [-0.39, 0.29) is 11.4 Å². The summed E-state index contributed by atoms with van der Waals surface area (Å²) in [6, 6.07) is 8.08. The Balaban J connectivity index is 2.17. The Morgan fingerprint density at radius 2 is 1.90 bits per heavy atom. The number of carbonyl (C=O) groups excluding carboxylic acids is 2. The Morgan fingerprint density at radius 1 is 1.15 bits per heavy atom. The van der Waals surface area contributed by atoms with Gasteiger partial charge in [0.25, 0.3) is 5.91 Å². The number of nitrogens with one attached hydrogen (secondary N) is 1. The minimum Gasteiger partial charge on any atom is -0.464 e. The fraction of sp³-hybridized carbons (Fsp3) is 0.143. The molecule has 0 saturated heterocycles. The minimum absolute atomic E-state index is 0.0806. The summed E-state index contributed by atoms with van der Waals surface area (Å²) in [5.41, 5.74) is 1.20. The fourth-order valence-corrected chi connectivity index (χ4v) is 1.50. The fourth-order valence-electron chi connectivity index (χ4n) is 1.50. The molecular formula is C14H13N3O3. The molecule has 0 aliphatic carbocycles. The molecule has 1 N–H and O–H groups in total. The van der Waals surface area contributed by atoms with Gasteiger partial charge in [-0.2, -0.15) is 0 Å². The monoisotopic (exact) mass is 271 g/mol. The Morgan fingerprint density at radius 3 is 2.55 bits per heavy atom. The SMILES string of the molecule is COC(=O)c1cccc(C(=O)Nc2ccc(C)cn2)n1. The first-order chi connectivity index (χ1) is 9.60. The van der Waals surface area contributed by atoms with Crippen molar-refractivity contribution in [3.63, 3.8) is 0 Å². The number of amides is 1. The summed E-state index contributed by atoms with van der Waals surface area (Å²) in [6.07, 6.45) is 1.65. The van der Waals surface area contributed by atoms with Crippen LogP contribution in [0.25, 0.3) is 0 Å². The second-order valence-electron chi connectivity index (χ2n) is 4.07. The van der Waals surface area contributed by atoms with Crippen molar-refractivity contribution in [2.75, 3.05) is 12.4 Å². The lowest BCUT2D eigenvalue weighted by atomic mass is 10.3. The number of hydrogen-bond acceptors (Lipinski definition) is 5. The maximum Gasteiger partial charge on any atom is 0.356 e. The van der Waals surface area contributed by atoms with Crippen molar-refractivity contribution in [3.05, 3.63) is 53.5 Å². The van der Waals surface area contributed by atoms with Crippen LogP contribution >= 0.6 is 0 Å². The van der Waals surface area contributed by atoms with E-state index in [1.165, 1.54) is 19.2 Å². The van der Waals surface area contributed by atoms with Crippen molar-refractivity contribution < 1.29 is 14.3 Å². The summed E-state index contributed by atoms with van der Waals surface area (Å²) >= 11 is 0. The molecule has 1 amide bonds. The average molecular weight is 271 g/mol. The van der Waals surface area contributed by atoms with E-state index in [0.717, 1.165) is 5.56 Å². The maximum absolute atomic E-state index is 12.0. The lowest BCUT2D eigenvalue weighted by molar-refractivity contribution is 0.0594. The highest BCUT2D eigenvalue weighted by atomic mass is 16.5. The van der Waals surface area contributed by atoms with Crippen LogP contribution in [0.3, 0.4) is 0 Å². The van der Waals surface area contributed by atoms with Gasteiger partial charge in [0.15, 0.2) is 0 Å². The molecule has 0 aliphatic heterocycles. The standard InChI is InChI=1S/C14H13N3O3/c1-9-6-7-12(15-8-9)17-13(18)10-4-3-5-11(16-10)14(19)20-2/h3-8H,1-2H3,(H,15,17,18). The van der Waals surface area contributed by atoms with E-state index in [4.69, 9.17) is 0 Å². The number of rotatable bonds is 3. The van der Waals surface area contributed by atoms with Crippen LogP contribution in [0.5, 0.6) is 0 Å². The average Bonchev–Trinajstić information content (AvgIpc) is 2.49. The van der Waals surface area contributed by atoms with Gasteiger partial charge in [0.05, 0.1) is 7.11 Å². The van der Waals surface area contributed by atoms with Crippen LogP contribution in [-0.2, 0) is 4.74 Å². The number of ether oxygens (including phenoxy) is 1. The van der Waals surface area contributed by atoms with Gasteiger partial charge in [-0.15, -0.1) is 0 Å². The summed E-state index contributed by atoms with van der Waals surface area (Å²) in [7, 11) is 1.26. The van der Waals surface area contributed by atoms with Crippen LogP contribution in [0.15, 0.2) is 36.5 Å². The molecule has 0 saturated carbocycles. The predicted molar refractivity (Wildman–Crippen MR) is 72.5 cm³/mol. The number of nitrogens with zero attached hydrogens (tertiary/aromatic N) is 2. The minimum atomic E-state index is -0.590. The van der Waals surface area contributed by atoms with Gasteiger partial charge in [-0.05, 0) is 30.7 Å². The quantitative estimate of drug-likeness (QED) is 0.861. The van der Waals surface area contributed by atoms with Gasteiger partial charge < -0.3 is 10.1 Å². The number of pyridine rings is 2. The third-order valence-electron chi connectivity index (χ3n) is 2.53. The van der Waals surface area contributed by atoms with Crippen molar-refractivity contribution >= 4 is 17.7 Å². The van der Waals surface area contributed by atoms with Crippen LogP contribution in [-0.4, -0.2) is 29.0 Å². The number of aryl methyl sites for hydroxylation is 1. The Kier molecular flexibility index (Phi) is 4.05. The molecule has 0 aliphatic rings. The van der Waals surface area contributed by atoms with Crippen molar-refractivity contribution in [2.45, 2.75) is 6.92 Å². The highest BCUT2D eigenvalue weighted by molar-refractivity contribution is 6.03. The Hall–Kier alpha value is -2.76. The van der Waals surface area contributed by atoms with E-state index in [1.807, 2.05) is 13.0 Å². The predicted octanol–water partition coefficient (Wildman–Crippen LogP) is 1.82. The van der Waals surface area contributed by atoms with Gasteiger partial charge in [-0.3, -0.25) is 4.79 Å². The normalized spacial score (nSPS) is 9.90. The van der Waals surface area contributed by atoms with Gasteiger partial charge in [0.2, 0.25) is 0 Å². The molecule has 2 heterocycles. The Bertz CT molecular complexity index is 638. The first kappa shape index (κ1) is 13.7. The smallest absolute Gasteiger partial charge is 0.356 e. The molecule has 102 valence electrons. The second kappa shape index (κ2) is 5.92. The zero-order chi connectivity index (χ0) is 14.5. The molecule has 0 aromatic carbocycles. The van der Waals surface area contributed by atoms with Crippen molar-refractivity contribution in [1.29, 1.82) is 0 Å². The number of esters is 1. The van der Waals surface area contributed by atoms with Crippen molar-refractivity contribution in [2.24, 2.45) is 0 Å². The summed E-state index contributed by atoms with van der Waals surface area (Å²) < 4.78 is 4.56. The number of anilines is 1. The van der Waals surface area contributed by atoms with Gasteiger partial charge in [0, 0.05) is 6.20 Å². The van der Waals surface area contributed by atoms with Crippen LogP contribution in [0.2, 0.25) is 0 Å². The van der Waals surface area contributed by atoms with Crippen LogP contribution in [0.4, 0.5) is 5.82 Å². The van der Waals surface area contributed by atoms with E-state index in [1.54, 1.807) is 18.3 Å². The highest BCUT2D eigenvalue weighted by Crippen LogP contribution is 2.07. The molecule has 2 aromatic heterocycles. The van der Waals surface area contributed by atoms with Crippen molar-refractivity contribution in [3.8, 4) is 0 Å². The van der Waals surface area contributed by atoms with Crippen molar-refractivity contribution in [1.82, 2.24) is 9.97 Å². The lowest BCUT2D eigenvalue weighted by Crippen LogP contribution is -2.16. The molecule has 6 heteroatoms. The first-order valence-corrected chi connectivity index (χ1v) is 5.89. The molecule has 0 radical (unpaired) electrons. The molecule has 0 fully saturated rings. The molecule has 6 nitrogen and oxygen atoms in total. The molecule has 0 spiro atoms. The van der Waals surface area contributed by atoms with E-state index < -0.39 is 11.9 Å². The van der Waals surface area contributed by atoms with Crippen LogP contribution < -0.4 is 5.32 Å². The third kappa shape index (κ3) is 3.17. The van der Waals surface area contributed by atoms with E-state index in [2.05, 4.69) is 20.0 Å². The number of methoxy groups -OCH3 is 1. The summed E-state index contributed by atoms with van der Waals surface area (Å²) in [5.74, 6) is -0.605. The lowest BCUT2D eigenvalue weighted by Gasteiger charge is -2.05. The molecule has 0 unspecified atom stereocenters. The van der Waals surface area contributed by atoms with Crippen LogP contribution in [0.1, 0.15) is 26.5 Å². The number of carbonyl (C=O) groups is 2. The van der Waals surface area contributed by atoms with Gasteiger partial charge >= 0.3 is 5.97 Å². The second-order valence-corrected chi connectivity index (χ2v) is 4.07. The van der Waals surface area contributed by atoms with Gasteiger partial charge in [-0.1, -0.05) is 12.1 Å². The molecule has 0 bridgehead atoms. The Labute approximate surface area is 115 Å². The zero-order valence-electron chi connectivity index (χ0n) is 11.1. The summed E-state index contributed by atoms with van der Waals surface area (Å²) in [6.45, 7) is 1.90. The zero-order valence-corrected chi connectivity index (χ0v) is 11.1. The van der Waals surface area contributed by atoms with Gasteiger partial charge in [-0.25, -0.2) is 14.8 Å². The topological polar surface area (TPSA) is 81.2 Å². The van der Waals surface area contributed by atoms with E-state index in [0.29, 0.717) is 5.82 Å². The molecule has 0 atom stereocenters. The molecular weight excluding hydrogens is 258 g/mol. The third-order valence-corrected chi connectivity index (χ3v) is 2.53. The number of aromatic nitrogens is 2. The first-order valence-electron chi connectivity index (χ1n) is 5.89. The molecule has 2 rings (SSSR count). The molecule has 2 aromatic rings. The largest absolute Gasteiger partial charge is 0.464 e. The highest BCUT2D eigenvalue weighted by Gasteiger charge is 2.12. The van der Waals surface area contributed by atoms with E-state index in [9.17, 15) is 9.59 Å². The van der Waals surface area contributed by atoms with E-state index >= 15 is 0 Å². The van der Waals surface area contributed by atoms with Gasteiger partial charge in [0.1, 0.15) is 17.2 Å². The van der Waals surface area contributed by atoms with Crippen LogP contribution in [0, 0.1) is 6.92 Å². The summed E-state index contributed by atoms with van der Waals surface area (Å²) in [5, 5.41) is 2.60.